The first kappa shape index (κ1) is 30.9. The maximum absolute atomic E-state index is 13.6. The van der Waals surface area contributed by atoms with Gasteiger partial charge in [-0.1, -0.05) is 49.9 Å². The number of urea groups is 1. The van der Waals surface area contributed by atoms with E-state index in [0.717, 1.165) is 12.0 Å². The van der Waals surface area contributed by atoms with Crippen LogP contribution in [0.2, 0.25) is 0 Å². The van der Waals surface area contributed by atoms with E-state index in [2.05, 4.69) is 17.2 Å². The number of carbonyl (C=O) groups excluding carboxylic acids is 4. The van der Waals surface area contributed by atoms with Crippen molar-refractivity contribution in [1.82, 2.24) is 30.5 Å². The molecule has 2 N–H and O–H groups in total. The molecule has 1 aromatic carbocycles. The number of fused-ring (bicyclic) bond motifs is 1. The van der Waals surface area contributed by atoms with Crippen molar-refractivity contribution in [2.24, 2.45) is 0 Å². The molecule has 2 aliphatic heterocycles. The number of rotatable bonds is 14. The number of benzene rings is 1. The first-order valence-corrected chi connectivity index (χ1v) is 13.9. The summed E-state index contributed by atoms with van der Waals surface area (Å²) in [5.74, 6) is -0.359. The molecule has 2 aliphatic rings. The Balaban J connectivity index is 1.80. The number of carbonyl (C=O) groups is 4. The van der Waals surface area contributed by atoms with Crippen molar-refractivity contribution in [3.63, 3.8) is 0 Å². The molecule has 1 aromatic rings. The highest BCUT2D eigenvalue weighted by atomic mass is 16.5. The van der Waals surface area contributed by atoms with Crippen LogP contribution in [0, 0.1) is 0 Å². The highest BCUT2D eigenvalue weighted by Crippen LogP contribution is 2.28. The molecular weight excluding hydrogens is 516 g/mol. The van der Waals surface area contributed by atoms with Gasteiger partial charge in [0, 0.05) is 39.9 Å². The lowest BCUT2D eigenvalue weighted by Crippen LogP contribution is -2.76. The van der Waals surface area contributed by atoms with E-state index in [9.17, 15) is 19.2 Å². The average molecular weight is 559 g/mol. The highest BCUT2D eigenvalue weighted by Gasteiger charge is 2.50. The topological polar surface area (TPSA) is 124 Å². The van der Waals surface area contributed by atoms with Crippen molar-refractivity contribution in [2.75, 3.05) is 53.0 Å². The Hall–Kier alpha value is -3.64. The number of nitrogens with one attached hydrogen (secondary N) is 2. The Kier molecular flexibility index (Phi) is 12.2. The molecule has 2 fully saturated rings. The van der Waals surface area contributed by atoms with Gasteiger partial charge in [-0.05, 0) is 31.2 Å². The first-order valence-electron chi connectivity index (χ1n) is 13.9. The number of hydrogen-bond donors (Lipinski definition) is 2. The van der Waals surface area contributed by atoms with Gasteiger partial charge in [-0.15, -0.1) is 0 Å². The SMILES string of the molecule is C=CCOC(=O)NCCC[C@H]1C(=O)N(CCCOC)C[C@H]2N1C(=O)CN(CCC)N2C(=O)NCc1ccccc1. The highest BCUT2D eigenvalue weighted by molar-refractivity contribution is 5.91. The lowest BCUT2D eigenvalue weighted by molar-refractivity contribution is -0.191. The summed E-state index contributed by atoms with van der Waals surface area (Å²) in [6, 6.07) is 8.53. The van der Waals surface area contributed by atoms with Gasteiger partial charge in [-0.3, -0.25) is 9.59 Å². The van der Waals surface area contributed by atoms with Gasteiger partial charge in [-0.2, -0.15) is 0 Å². The van der Waals surface area contributed by atoms with Crippen LogP contribution in [0.5, 0.6) is 0 Å². The molecule has 12 nitrogen and oxygen atoms in total. The van der Waals surface area contributed by atoms with Gasteiger partial charge in [0.25, 0.3) is 0 Å². The lowest BCUT2D eigenvalue weighted by Gasteiger charge is -2.55. The summed E-state index contributed by atoms with van der Waals surface area (Å²) in [4.78, 5) is 55.8. The van der Waals surface area contributed by atoms with Gasteiger partial charge >= 0.3 is 12.1 Å². The molecule has 0 aromatic heterocycles. The van der Waals surface area contributed by atoms with Crippen LogP contribution in [-0.4, -0.2) is 109 Å². The van der Waals surface area contributed by atoms with Crippen molar-refractivity contribution in [3.05, 3.63) is 48.6 Å². The molecule has 40 heavy (non-hydrogen) atoms. The van der Waals surface area contributed by atoms with Crippen LogP contribution in [0.1, 0.15) is 38.2 Å². The predicted octanol–water partition coefficient (Wildman–Crippen LogP) is 1.93. The van der Waals surface area contributed by atoms with Gasteiger partial charge < -0.3 is 29.9 Å². The van der Waals surface area contributed by atoms with E-state index in [-0.39, 0.29) is 44.1 Å². The van der Waals surface area contributed by atoms with Crippen molar-refractivity contribution >= 4 is 23.9 Å². The third-order valence-electron chi connectivity index (χ3n) is 6.84. The van der Waals surface area contributed by atoms with Gasteiger partial charge in [0.15, 0.2) is 0 Å². The summed E-state index contributed by atoms with van der Waals surface area (Å²) in [6.45, 7) is 7.88. The van der Waals surface area contributed by atoms with Crippen molar-refractivity contribution in [2.45, 2.75) is 51.4 Å². The zero-order valence-electron chi connectivity index (χ0n) is 23.5. The molecule has 2 saturated heterocycles. The molecular formula is C28H42N6O6. The van der Waals surface area contributed by atoms with Crippen LogP contribution in [0.15, 0.2) is 43.0 Å². The number of nitrogens with zero attached hydrogens (tertiary/aromatic N) is 4. The monoisotopic (exact) mass is 558 g/mol. The maximum atomic E-state index is 13.6. The van der Waals surface area contributed by atoms with Gasteiger partial charge in [0.05, 0.1) is 13.1 Å². The largest absolute Gasteiger partial charge is 0.445 e. The molecule has 3 rings (SSSR count). The second-order valence-electron chi connectivity index (χ2n) is 9.76. The fraction of sp³-hybridized carbons (Fsp3) is 0.571. The number of ether oxygens (including phenoxy) is 2. The molecule has 0 spiro atoms. The summed E-state index contributed by atoms with van der Waals surface area (Å²) in [5.41, 5.74) is 0.958. The van der Waals surface area contributed by atoms with Crippen LogP contribution >= 0.6 is 0 Å². The third-order valence-corrected chi connectivity index (χ3v) is 6.84. The van der Waals surface area contributed by atoms with Crippen LogP contribution in [-0.2, 0) is 25.6 Å². The number of alkyl carbamates (subject to hydrolysis) is 1. The number of piperazine rings is 1. The standard InChI is InChI=1S/C28H42N6O6/c1-4-15-32-21-25(35)33-23(13-9-14-29-28(38)40-17-5-2)26(36)31(16-10-18-39-3)20-24(33)34(32)27(37)30-19-22-11-7-6-8-12-22/h5-8,11-12,23-24H,2,4,9-10,13-21H2,1,3H3,(H,29,38)(H,30,37)/t23-,24-/m0/s1. The molecule has 0 aliphatic carbocycles. The van der Waals surface area contributed by atoms with Crippen molar-refractivity contribution in [3.8, 4) is 0 Å². The first-order chi connectivity index (χ1) is 19.4. The summed E-state index contributed by atoms with van der Waals surface area (Å²) in [6.07, 6.45) is 2.40. The minimum absolute atomic E-state index is 0.00266. The minimum atomic E-state index is -0.756. The van der Waals surface area contributed by atoms with E-state index >= 15 is 0 Å². The quantitative estimate of drug-likeness (QED) is 0.264. The second kappa shape index (κ2) is 15.8. The molecule has 0 radical (unpaired) electrons. The van der Waals surface area contributed by atoms with Gasteiger partial charge in [0.1, 0.15) is 18.8 Å². The summed E-state index contributed by atoms with van der Waals surface area (Å²) >= 11 is 0. The molecule has 12 heteroatoms. The number of hydrazine groups is 1. The molecule has 5 amide bonds. The van der Waals surface area contributed by atoms with E-state index in [1.54, 1.807) is 26.9 Å². The summed E-state index contributed by atoms with van der Waals surface area (Å²) in [5, 5.41) is 9.04. The number of amides is 5. The Bertz CT molecular complexity index is 1010. The van der Waals surface area contributed by atoms with Gasteiger partial charge in [-0.25, -0.2) is 19.6 Å². The number of hydrogen-bond acceptors (Lipinski definition) is 7. The Morgan fingerprint density at radius 2 is 1.90 bits per heavy atom. The molecule has 0 bridgehead atoms. The molecule has 2 heterocycles. The van der Waals surface area contributed by atoms with Crippen LogP contribution < -0.4 is 10.6 Å². The van der Waals surface area contributed by atoms with Crippen LogP contribution in [0.3, 0.4) is 0 Å². The molecule has 2 atom stereocenters. The Labute approximate surface area is 236 Å². The van der Waals surface area contributed by atoms with E-state index in [1.165, 1.54) is 6.08 Å². The average Bonchev–Trinajstić information content (AvgIpc) is 2.95. The molecule has 0 unspecified atom stereocenters. The Morgan fingerprint density at radius 1 is 1.12 bits per heavy atom. The summed E-state index contributed by atoms with van der Waals surface area (Å²) in [7, 11) is 1.61. The zero-order chi connectivity index (χ0) is 28.9. The zero-order valence-corrected chi connectivity index (χ0v) is 23.5. The summed E-state index contributed by atoms with van der Waals surface area (Å²) < 4.78 is 10.1. The predicted molar refractivity (Wildman–Crippen MR) is 149 cm³/mol. The normalized spacial score (nSPS) is 19.3. The van der Waals surface area contributed by atoms with E-state index < -0.39 is 18.3 Å². The van der Waals surface area contributed by atoms with E-state index in [4.69, 9.17) is 9.47 Å². The van der Waals surface area contributed by atoms with E-state index in [1.807, 2.05) is 37.3 Å². The van der Waals surface area contributed by atoms with Crippen LogP contribution in [0.4, 0.5) is 9.59 Å². The maximum Gasteiger partial charge on any atom is 0.407 e. The lowest BCUT2D eigenvalue weighted by atomic mass is 10.0. The van der Waals surface area contributed by atoms with Crippen molar-refractivity contribution in [1.29, 1.82) is 0 Å². The van der Waals surface area contributed by atoms with Crippen molar-refractivity contribution < 1.29 is 28.7 Å². The second-order valence-corrected chi connectivity index (χ2v) is 9.76. The fourth-order valence-corrected chi connectivity index (χ4v) is 5.05. The fourth-order valence-electron chi connectivity index (χ4n) is 5.05. The number of methoxy groups -OCH3 is 1. The molecule has 0 saturated carbocycles. The molecule has 220 valence electrons. The smallest absolute Gasteiger partial charge is 0.407 e. The van der Waals surface area contributed by atoms with Gasteiger partial charge in [0.2, 0.25) is 11.8 Å². The minimum Gasteiger partial charge on any atom is -0.445 e. The Morgan fingerprint density at radius 3 is 2.60 bits per heavy atom. The third kappa shape index (κ3) is 8.18. The van der Waals surface area contributed by atoms with Crippen LogP contribution in [0.25, 0.3) is 0 Å². The van der Waals surface area contributed by atoms with E-state index in [0.29, 0.717) is 45.5 Å².